The van der Waals surface area contributed by atoms with Crippen LogP contribution in [-0.2, 0) is 0 Å². The van der Waals surface area contributed by atoms with Gasteiger partial charge >= 0.3 is 0 Å². The normalized spacial score (nSPS) is 12.8. The van der Waals surface area contributed by atoms with Crippen LogP contribution >= 0.6 is 11.3 Å². The van der Waals surface area contributed by atoms with Gasteiger partial charge in [0.2, 0.25) is 0 Å². The maximum atomic E-state index is 13.2. The monoisotopic (exact) mass is 258 g/mol. The van der Waals surface area contributed by atoms with Crippen molar-refractivity contribution in [3.05, 3.63) is 65.0 Å². The number of rotatable bonds is 2. The van der Waals surface area contributed by atoms with Crippen molar-refractivity contribution in [1.82, 2.24) is 4.98 Å². The average Bonchev–Trinajstić information content (AvgIpc) is 2.86. The van der Waals surface area contributed by atoms with E-state index < -0.39 is 0 Å². The van der Waals surface area contributed by atoms with Gasteiger partial charge in [-0.2, -0.15) is 0 Å². The van der Waals surface area contributed by atoms with Gasteiger partial charge in [0, 0.05) is 10.9 Å². The van der Waals surface area contributed by atoms with E-state index in [1.165, 1.54) is 12.3 Å². The number of nitrogens with two attached hydrogens (primary N) is 1. The van der Waals surface area contributed by atoms with Crippen LogP contribution in [0.15, 0.2) is 48.1 Å². The van der Waals surface area contributed by atoms with E-state index in [9.17, 15) is 4.39 Å². The summed E-state index contributed by atoms with van der Waals surface area (Å²) in [7, 11) is 0. The van der Waals surface area contributed by atoms with Crippen LogP contribution in [0.3, 0.4) is 0 Å². The average molecular weight is 258 g/mol. The molecule has 0 fully saturated rings. The minimum absolute atomic E-state index is 0.351. The first-order chi connectivity index (χ1) is 8.75. The third-order valence-electron chi connectivity index (χ3n) is 2.93. The van der Waals surface area contributed by atoms with Crippen molar-refractivity contribution < 1.29 is 4.39 Å². The van der Waals surface area contributed by atoms with Gasteiger partial charge in [0.05, 0.1) is 12.2 Å². The highest BCUT2D eigenvalue weighted by Gasteiger charge is 2.13. The van der Waals surface area contributed by atoms with E-state index in [0.717, 1.165) is 15.6 Å². The molecule has 2 nitrogen and oxygen atoms in total. The third-order valence-corrected chi connectivity index (χ3v) is 3.91. The summed E-state index contributed by atoms with van der Waals surface area (Å²) in [4.78, 5) is 3.85. The van der Waals surface area contributed by atoms with E-state index in [0.29, 0.717) is 5.56 Å². The Morgan fingerprint density at radius 3 is 2.94 bits per heavy atom. The molecule has 1 atom stereocenters. The molecule has 1 aromatic carbocycles. The summed E-state index contributed by atoms with van der Waals surface area (Å²) >= 11 is 1.65. The van der Waals surface area contributed by atoms with Crippen LogP contribution in [0.4, 0.5) is 4.39 Å². The van der Waals surface area contributed by atoms with Gasteiger partial charge in [-0.1, -0.05) is 18.2 Å². The lowest BCUT2D eigenvalue weighted by atomic mass is 10.00. The van der Waals surface area contributed by atoms with Crippen molar-refractivity contribution in [2.24, 2.45) is 5.73 Å². The van der Waals surface area contributed by atoms with E-state index in [2.05, 4.69) is 11.1 Å². The zero-order valence-electron chi connectivity index (χ0n) is 9.51. The minimum atomic E-state index is -0.360. The summed E-state index contributed by atoms with van der Waals surface area (Å²) < 4.78 is 14.3. The SMILES string of the molecule is NC(c1cncc(F)c1)c1cccc2ccsc12. The van der Waals surface area contributed by atoms with E-state index in [1.54, 1.807) is 17.5 Å². The Labute approximate surface area is 108 Å². The Morgan fingerprint density at radius 1 is 1.22 bits per heavy atom. The smallest absolute Gasteiger partial charge is 0.141 e. The van der Waals surface area contributed by atoms with Gasteiger partial charge in [0.15, 0.2) is 0 Å². The Kier molecular flexibility index (Phi) is 2.81. The fourth-order valence-corrected chi connectivity index (χ4v) is 2.99. The number of benzene rings is 1. The molecule has 2 aromatic heterocycles. The molecule has 0 amide bonds. The summed E-state index contributed by atoms with van der Waals surface area (Å²) in [6, 6.07) is 9.14. The summed E-state index contributed by atoms with van der Waals surface area (Å²) in [5, 5.41) is 3.20. The molecule has 0 radical (unpaired) electrons. The molecule has 0 bridgehead atoms. The fraction of sp³-hybridized carbons (Fsp3) is 0.0714. The molecule has 3 aromatic rings. The molecular formula is C14H11FN2S. The maximum Gasteiger partial charge on any atom is 0.141 e. The Morgan fingerprint density at radius 2 is 2.11 bits per heavy atom. The molecule has 0 aliphatic heterocycles. The van der Waals surface area contributed by atoms with E-state index in [-0.39, 0.29) is 11.9 Å². The highest BCUT2D eigenvalue weighted by Crippen LogP contribution is 2.30. The second kappa shape index (κ2) is 4.48. The molecule has 0 saturated carbocycles. The highest BCUT2D eigenvalue weighted by molar-refractivity contribution is 7.17. The standard InChI is InChI=1S/C14H11FN2S/c15-11-6-10(7-17-8-11)13(16)12-3-1-2-9-4-5-18-14(9)12/h1-8,13H,16H2. The summed E-state index contributed by atoms with van der Waals surface area (Å²) in [6.45, 7) is 0. The first-order valence-electron chi connectivity index (χ1n) is 5.58. The molecule has 4 heteroatoms. The largest absolute Gasteiger partial charge is 0.320 e. The van der Waals surface area contributed by atoms with Crippen molar-refractivity contribution in [3.8, 4) is 0 Å². The van der Waals surface area contributed by atoms with Crippen LogP contribution in [0.5, 0.6) is 0 Å². The molecular weight excluding hydrogens is 247 g/mol. The molecule has 2 N–H and O–H groups in total. The molecule has 0 aliphatic carbocycles. The summed E-state index contributed by atoms with van der Waals surface area (Å²) in [5.41, 5.74) is 7.91. The van der Waals surface area contributed by atoms with Crippen LogP contribution in [0.1, 0.15) is 17.2 Å². The second-order valence-electron chi connectivity index (χ2n) is 4.10. The quantitative estimate of drug-likeness (QED) is 0.764. The molecule has 2 heterocycles. The third kappa shape index (κ3) is 1.89. The number of pyridine rings is 1. The predicted molar refractivity (Wildman–Crippen MR) is 72.1 cm³/mol. The van der Waals surface area contributed by atoms with Crippen molar-refractivity contribution in [2.75, 3.05) is 0 Å². The molecule has 1 unspecified atom stereocenters. The molecule has 0 spiro atoms. The van der Waals surface area contributed by atoms with Crippen LogP contribution in [0.25, 0.3) is 10.1 Å². The maximum absolute atomic E-state index is 13.2. The van der Waals surface area contributed by atoms with Gasteiger partial charge in [-0.25, -0.2) is 4.39 Å². The van der Waals surface area contributed by atoms with E-state index in [4.69, 9.17) is 5.73 Å². The van der Waals surface area contributed by atoms with Crippen molar-refractivity contribution in [3.63, 3.8) is 0 Å². The topological polar surface area (TPSA) is 38.9 Å². The number of fused-ring (bicyclic) bond motifs is 1. The number of hydrogen-bond donors (Lipinski definition) is 1. The lowest BCUT2D eigenvalue weighted by molar-refractivity contribution is 0.616. The minimum Gasteiger partial charge on any atom is -0.320 e. The Hall–Kier alpha value is -1.78. The van der Waals surface area contributed by atoms with Gasteiger partial charge < -0.3 is 5.73 Å². The highest BCUT2D eigenvalue weighted by atomic mass is 32.1. The number of nitrogens with zero attached hydrogens (tertiary/aromatic N) is 1. The van der Waals surface area contributed by atoms with Gasteiger partial charge in [-0.3, -0.25) is 4.98 Å². The number of thiophene rings is 1. The molecule has 0 aliphatic rings. The first-order valence-corrected chi connectivity index (χ1v) is 6.46. The zero-order chi connectivity index (χ0) is 12.5. The first kappa shape index (κ1) is 11.3. The number of aromatic nitrogens is 1. The van der Waals surface area contributed by atoms with Gasteiger partial charge in [0.1, 0.15) is 5.82 Å². The molecule has 0 saturated heterocycles. The van der Waals surface area contributed by atoms with Gasteiger partial charge in [0.25, 0.3) is 0 Å². The molecule has 18 heavy (non-hydrogen) atoms. The second-order valence-corrected chi connectivity index (χ2v) is 5.02. The Bertz CT molecular complexity index is 693. The van der Waals surface area contributed by atoms with Crippen LogP contribution in [0, 0.1) is 5.82 Å². The molecule has 90 valence electrons. The summed E-state index contributed by atoms with van der Waals surface area (Å²) in [5.74, 6) is -0.360. The van der Waals surface area contributed by atoms with Crippen LogP contribution in [0.2, 0.25) is 0 Å². The lowest BCUT2D eigenvalue weighted by Crippen LogP contribution is -2.12. The van der Waals surface area contributed by atoms with E-state index in [1.807, 2.05) is 23.6 Å². The van der Waals surface area contributed by atoms with Crippen LogP contribution in [-0.4, -0.2) is 4.98 Å². The van der Waals surface area contributed by atoms with Gasteiger partial charge in [-0.15, -0.1) is 11.3 Å². The molecule has 3 rings (SSSR count). The van der Waals surface area contributed by atoms with Crippen molar-refractivity contribution in [2.45, 2.75) is 6.04 Å². The van der Waals surface area contributed by atoms with Crippen molar-refractivity contribution in [1.29, 1.82) is 0 Å². The number of hydrogen-bond acceptors (Lipinski definition) is 3. The predicted octanol–water partition coefficient (Wildman–Crippen LogP) is 3.48. The van der Waals surface area contributed by atoms with Gasteiger partial charge in [-0.05, 0) is 34.0 Å². The fourth-order valence-electron chi connectivity index (χ4n) is 2.04. The Balaban J connectivity index is 2.12. The number of halogens is 1. The summed E-state index contributed by atoms with van der Waals surface area (Å²) in [6.07, 6.45) is 2.79. The lowest BCUT2D eigenvalue weighted by Gasteiger charge is -2.13. The van der Waals surface area contributed by atoms with Crippen molar-refractivity contribution >= 4 is 21.4 Å². The zero-order valence-corrected chi connectivity index (χ0v) is 10.3. The van der Waals surface area contributed by atoms with Crippen LogP contribution < -0.4 is 5.73 Å². The van der Waals surface area contributed by atoms with E-state index >= 15 is 0 Å².